The number of carbonyl (C=O) groups is 1. The average Bonchev–Trinajstić information content (AvgIpc) is 3.31. The number of amides is 1. The van der Waals surface area contributed by atoms with Crippen molar-refractivity contribution in [2.45, 2.75) is 33.4 Å². The Kier molecular flexibility index (Phi) is 5.57. The lowest BCUT2D eigenvalue weighted by Crippen LogP contribution is -2.11. The summed E-state index contributed by atoms with van der Waals surface area (Å²) >= 11 is 6.62. The fraction of sp³-hybridized carbons (Fsp3) is 0.250. The van der Waals surface area contributed by atoms with Gasteiger partial charge in [0.05, 0.1) is 11.4 Å². The van der Waals surface area contributed by atoms with Crippen LogP contribution in [0.15, 0.2) is 36.7 Å². The summed E-state index contributed by atoms with van der Waals surface area (Å²) in [5.74, 6) is -0.0239. The molecule has 2 bridgehead atoms. The predicted octanol–water partition coefficient (Wildman–Crippen LogP) is 4.60. The summed E-state index contributed by atoms with van der Waals surface area (Å²) in [7, 11) is 1.84. The Balaban J connectivity index is 1.78. The number of fused-ring (bicyclic) bond motifs is 7. The Morgan fingerprint density at radius 1 is 1.26 bits per heavy atom. The molecule has 174 valence electrons. The van der Waals surface area contributed by atoms with Crippen molar-refractivity contribution in [3.63, 3.8) is 0 Å². The van der Waals surface area contributed by atoms with Crippen LogP contribution in [0.1, 0.15) is 30.5 Å². The van der Waals surface area contributed by atoms with E-state index in [1.807, 2.05) is 24.9 Å². The van der Waals surface area contributed by atoms with E-state index in [1.54, 1.807) is 23.0 Å². The highest BCUT2D eigenvalue weighted by Crippen LogP contribution is 2.38. The summed E-state index contributed by atoms with van der Waals surface area (Å²) in [6.45, 7) is 4.04. The Morgan fingerprint density at radius 3 is 2.85 bits per heavy atom. The maximum Gasteiger partial charge on any atom is 0.222 e. The van der Waals surface area contributed by atoms with Crippen LogP contribution in [-0.4, -0.2) is 30.5 Å². The van der Waals surface area contributed by atoms with Crippen LogP contribution in [-0.2, 0) is 31.4 Å². The number of hydrogen-bond donors (Lipinski definition) is 1. The highest BCUT2D eigenvalue weighted by atomic mass is 35.5. The van der Waals surface area contributed by atoms with Gasteiger partial charge in [-0.15, -0.1) is 0 Å². The molecular weight excluding hydrogens is 459 g/mol. The number of anilines is 1. The first-order valence-electron chi connectivity index (χ1n) is 10.8. The second kappa shape index (κ2) is 8.57. The summed E-state index contributed by atoms with van der Waals surface area (Å²) in [4.78, 5) is 16.2. The van der Waals surface area contributed by atoms with Crippen molar-refractivity contribution in [1.82, 2.24) is 24.5 Å². The van der Waals surface area contributed by atoms with Crippen molar-refractivity contribution in [3.8, 4) is 28.3 Å². The number of ether oxygens (including phenoxy) is 1. The standard InChI is InChI=1S/C24H22ClFN6O2/c1-4-32-22-14-9-20(24(27-10-14)28-13(2)33)34-12-16-7-17(26)5-6-18(16)21-15(11-31(3)29-21)8-19(22)23(25)30-32/h5-7,9-11H,4,8,12H2,1-3H3,(H,27,28,33). The van der Waals surface area contributed by atoms with Crippen molar-refractivity contribution in [2.75, 3.05) is 5.32 Å². The normalized spacial score (nSPS) is 12.5. The fourth-order valence-corrected chi connectivity index (χ4v) is 4.52. The second-order valence-electron chi connectivity index (χ2n) is 8.13. The van der Waals surface area contributed by atoms with Crippen molar-refractivity contribution < 1.29 is 13.9 Å². The van der Waals surface area contributed by atoms with Gasteiger partial charge in [-0.05, 0) is 31.2 Å². The molecule has 0 saturated heterocycles. The first kappa shape index (κ1) is 22.1. The van der Waals surface area contributed by atoms with Crippen LogP contribution < -0.4 is 10.1 Å². The largest absolute Gasteiger partial charge is 0.485 e. The van der Waals surface area contributed by atoms with Crippen molar-refractivity contribution in [3.05, 3.63) is 64.3 Å². The summed E-state index contributed by atoms with van der Waals surface area (Å²) in [5, 5.41) is 12.3. The van der Waals surface area contributed by atoms with E-state index in [-0.39, 0.29) is 24.1 Å². The number of nitrogens with one attached hydrogen (secondary N) is 1. The number of rotatable bonds is 2. The summed E-state index contributed by atoms with van der Waals surface area (Å²) in [6.07, 6.45) is 4.06. The lowest BCUT2D eigenvalue weighted by atomic mass is 9.97. The quantitative estimate of drug-likeness (QED) is 0.453. The fourth-order valence-electron chi connectivity index (χ4n) is 4.28. The number of carbonyl (C=O) groups excluding carboxylic acids is 1. The van der Waals surface area contributed by atoms with E-state index in [0.29, 0.717) is 29.4 Å². The third kappa shape index (κ3) is 3.92. The molecule has 4 heterocycles. The molecule has 1 aliphatic rings. The van der Waals surface area contributed by atoms with Gasteiger partial charge in [0.1, 0.15) is 12.4 Å². The molecule has 1 aromatic carbocycles. The van der Waals surface area contributed by atoms with Gasteiger partial charge >= 0.3 is 0 Å². The highest BCUT2D eigenvalue weighted by Gasteiger charge is 2.24. The zero-order valence-electron chi connectivity index (χ0n) is 18.9. The van der Waals surface area contributed by atoms with Crippen LogP contribution >= 0.6 is 11.6 Å². The molecule has 0 atom stereocenters. The molecule has 10 heteroatoms. The van der Waals surface area contributed by atoms with E-state index in [4.69, 9.17) is 16.3 Å². The third-order valence-corrected chi connectivity index (χ3v) is 6.00. The minimum atomic E-state index is -0.379. The maximum absolute atomic E-state index is 14.2. The van der Waals surface area contributed by atoms with Crippen LogP contribution in [0.2, 0.25) is 5.15 Å². The monoisotopic (exact) mass is 480 g/mol. The van der Waals surface area contributed by atoms with Gasteiger partial charge in [-0.3, -0.25) is 14.2 Å². The number of aromatic nitrogens is 5. The highest BCUT2D eigenvalue weighted by molar-refractivity contribution is 6.30. The number of pyridine rings is 1. The molecule has 0 aliphatic carbocycles. The molecule has 5 rings (SSSR count). The lowest BCUT2D eigenvalue weighted by molar-refractivity contribution is -0.114. The van der Waals surface area contributed by atoms with Crippen LogP contribution in [0.4, 0.5) is 10.2 Å². The molecule has 1 amide bonds. The van der Waals surface area contributed by atoms with Gasteiger partial charge < -0.3 is 10.1 Å². The SMILES string of the molecule is CCn1nc(Cl)c2c1-c1cnc(NC(C)=O)c(c1)OCc1cc(F)ccc1-c1nn(C)cc1C2. The zero-order chi connectivity index (χ0) is 24.0. The van der Waals surface area contributed by atoms with Gasteiger partial charge in [0, 0.05) is 67.1 Å². The Morgan fingerprint density at radius 2 is 2.09 bits per heavy atom. The molecule has 1 aliphatic heterocycles. The smallest absolute Gasteiger partial charge is 0.222 e. The van der Waals surface area contributed by atoms with Crippen molar-refractivity contribution >= 4 is 23.3 Å². The first-order chi connectivity index (χ1) is 16.3. The summed E-state index contributed by atoms with van der Waals surface area (Å²) in [6, 6.07) is 6.34. The molecule has 0 radical (unpaired) electrons. The number of aryl methyl sites for hydroxylation is 2. The van der Waals surface area contributed by atoms with E-state index in [9.17, 15) is 9.18 Å². The van der Waals surface area contributed by atoms with Gasteiger partial charge in [0.2, 0.25) is 5.91 Å². The molecule has 0 spiro atoms. The minimum absolute atomic E-state index is 0.0570. The summed E-state index contributed by atoms with van der Waals surface area (Å²) < 4.78 is 23.9. The van der Waals surface area contributed by atoms with Gasteiger partial charge in [0.15, 0.2) is 16.7 Å². The van der Waals surface area contributed by atoms with E-state index in [2.05, 4.69) is 20.5 Å². The molecule has 0 saturated carbocycles. The third-order valence-electron chi connectivity index (χ3n) is 5.70. The average molecular weight is 481 g/mol. The van der Waals surface area contributed by atoms with E-state index in [1.165, 1.54) is 19.1 Å². The number of halogens is 2. The molecule has 34 heavy (non-hydrogen) atoms. The van der Waals surface area contributed by atoms with Crippen LogP contribution in [0.3, 0.4) is 0 Å². The van der Waals surface area contributed by atoms with Crippen molar-refractivity contribution in [1.29, 1.82) is 0 Å². The number of benzene rings is 1. The molecular formula is C24H22ClFN6O2. The van der Waals surface area contributed by atoms with Crippen molar-refractivity contribution in [2.24, 2.45) is 7.05 Å². The molecule has 1 N–H and O–H groups in total. The lowest BCUT2D eigenvalue weighted by Gasteiger charge is -2.17. The molecule has 4 aromatic rings. The zero-order valence-corrected chi connectivity index (χ0v) is 19.6. The maximum atomic E-state index is 14.2. The predicted molar refractivity (Wildman–Crippen MR) is 126 cm³/mol. The number of nitrogens with zero attached hydrogens (tertiary/aromatic N) is 5. The summed E-state index contributed by atoms with van der Waals surface area (Å²) in [5.41, 5.74) is 5.40. The Hall–Kier alpha value is -3.72. The minimum Gasteiger partial charge on any atom is -0.485 e. The van der Waals surface area contributed by atoms with Gasteiger partial charge in [0.25, 0.3) is 0 Å². The molecule has 8 nitrogen and oxygen atoms in total. The van der Waals surface area contributed by atoms with Gasteiger partial charge in [-0.25, -0.2) is 9.37 Å². The second-order valence-corrected chi connectivity index (χ2v) is 8.49. The van der Waals surface area contributed by atoms with Crippen LogP contribution in [0, 0.1) is 5.82 Å². The molecule has 0 fully saturated rings. The molecule has 3 aromatic heterocycles. The topological polar surface area (TPSA) is 86.9 Å². The Labute approximate surface area is 200 Å². The number of hydrogen-bond acceptors (Lipinski definition) is 5. The van der Waals surface area contributed by atoms with Gasteiger partial charge in [-0.1, -0.05) is 11.6 Å². The van der Waals surface area contributed by atoms with Gasteiger partial charge in [-0.2, -0.15) is 10.2 Å². The Bertz CT molecular complexity index is 1430. The van der Waals surface area contributed by atoms with Crippen LogP contribution in [0.25, 0.3) is 22.5 Å². The van der Waals surface area contributed by atoms with E-state index in [0.717, 1.165) is 33.6 Å². The van der Waals surface area contributed by atoms with Crippen LogP contribution in [0.5, 0.6) is 5.75 Å². The van der Waals surface area contributed by atoms with E-state index < -0.39 is 0 Å². The van der Waals surface area contributed by atoms with E-state index >= 15 is 0 Å². The first-order valence-corrected chi connectivity index (χ1v) is 11.2. The molecule has 0 unspecified atom stereocenters.